The van der Waals surface area contributed by atoms with Gasteiger partial charge in [0.25, 0.3) is 0 Å². The molecule has 0 amide bonds. The summed E-state index contributed by atoms with van der Waals surface area (Å²) in [5.74, 6) is 0.946. The van der Waals surface area contributed by atoms with Crippen molar-refractivity contribution in [2.24, 2.45) is 0 Å². The number of benzene rings is 2. The second-order valence-corrected chi connectivity index (χ2v) is 10.5. The molecular formula is C29H32ClN5O2. The van der Waals surface area contributed by atoms with E-state index >= 15 is 0 Å². The first kappa shape index (κ1) is 24.2. The Hall–Kier alpha value is -3.13. The molecule has 0 radical (unpaired) electrons. The van der Waals surface area contributed by atoms with Gasteiger partial charge in [0.1, 0.15) is 11.3 Å². The van der Waals surface area contributed by atoms with Crippen LogP contribution in [0.2, 0.25) is 5.02 Å². The molecule has 0 bridgehead atoms. The predicted octanol–water partition coefficient (Wildman–Crippen LogP) is 6.09. The molecule has 0 saturated carbocycles. The smallest absolute Gasteiger partial charge is 0.213 e. The normalized spacial score (nSPS) is 16.7. The van der Waals surface area contributed by atoms with Crippen LogP contribution in [0.3, 0.4) is 0 Å². The molecule has 7 nitrogen and oxygen atoms in total. The van der Waals surface area contributed by atoms with E-state index in [1.807, 2.05) is 30.3 Å². The minimum absolute atomic E-state index is 0.417. The topological polar surface area (TPSA) is 73.8 Å². The predicted molar refractivity (Wildman–Crippen MR) is 149 cm³/mol. The lowest BCUT2D eigenvalue weighted by Gasteiger charge is -2.22. The lowest BCUT2D eigenvalue weighted by molar-refractivity contribution is 0.312. The van der Waals surface area contributed by atoms with Crippen molar-refractivity contribution in [1.82, 2.24) is 19.8 Å². The molecule has 192 valence electrons. The van der Waals surface area contributed by atoms with E-state index in [4.69, 9.17) is 26.3 Å². The van der Waals surface area contributed by atoms with Gasteiger partial charge < -0.3 is 15.2 Å². The van der Waals surface area contributed by atoms with E-state index in [1.165, 1.54) is 25.7 Å². The van der Waals surface area contributed by atoms with Crippen molar-refractivity contribution in [1.29, 1.82) is 0 Å². The van der Waals surface area contributed by atoms with E-state index in [0.29, 0.717) is 16.7 Å². The van der Waals surface area contributed by atoms with E-state index in [9.17, 15) is 5.11 Å². The number of rotatable bonds is 7. The largest absolute Gasteiger partial charge is 0.507 e. The zero-order chi connectivity index (χ0) is 25.4. The third kappa shape index (κ3) is 5.04. The summed E-state index contributed by atoms with van der Waals surface area (Å²) in [6, 6.07) is 13.6. The van der Waals surface area contributed by atoms with Crippen LogP contribution in [0.4, 0.5) is 11.4 Å². The Kier molecular flexibility index (Phi) is 6.76. The number of pyridine rings is 2. The molecule has 0 aliphatic carbocycles. The fourth-order valence-electron chi connectivity index (χ4n) is 5.60. The van der Waals surface area contributed by atoms with Gasteiger partial charge in [-0.05, 0) is 88.3 Å². The summed E-state index contributed by atoms with van der Waals surface area (Å²) in [7, 11) is 1.62. The Labute approximate surface area is 222 Å². The van der Waals surface area contributed by atoms with Crippen molar-refractivity contribution < 1.29 is 9.84 Å². The van der Waals surface area contributed by atoms with Crippen LogP contribution >= 0.6 is 11.6 Å². The van der Waals surface area contributed by atoms with E-state index in [1.54, 1.807) is 7.11 Å². The first-order valence-corrected chi connectivity index (χ1v) is 13.5. The van der Waals surface area contributed by atoms with Gasteiger partial charge in [-0.15, -0.1) is 0 Å². The zero-order valence-electron chi connectivity index (χ0n) is 21.1. The van der Waals surface area contributed by atoms with Crippen LogP contribution in [-0.4, -0.2) is 58.2 Å². The molecule has 8 heteroatoms. The highest BCUT2D eigenvalue weighted by atomic mass is 35.5. The molecule has 2 fully saturated rings. The van der Waals surface area contributed by atoms with Crippen LogP contribution in [-0.2, 0) is 13.1 Å². The molecule has 2 aliphatic rings. The van der Waals surface area contributed by atoms with Crippen molar-refractivity contribution in [3.05, 3.63) is 58.6 Å². The SMILES string of the molecule is COc1ccc2nc3cc(Cl)ccc3c(Nc3cc([13CH2]N4CCCC4)c(O)c([13CH2]N4CCCC4)c3)c2n1. The molecule has 2 aliphatic heterocycles. The Morgan fingerprint density at radius 3 is 2.14 bits per heavy atom. The van der Waals surface area contributed by atoms with Crippen molar-refractivity contribution in [3.63, 3.8) is 0 Å². The quantitative estimate of drug-likeness (QED) is 0.174. The zero-order valence-corrected chi connectivity index (χ0v) is 21.9. The van der Waals surface area contributed by atoms with Crippen LogP contribution in [0.1, 0.15) is 36.8 Å². The summed E-state index contributed by atoms with van der Waals surface area (Å²) in [6.45, 7) is 5.78. The van der Waals surface area contributed by atoms with Crippen molar-refractivity contribution in [3.8, 4) is 11.6 Å². The Morgan fingerprint density at radius 1 is 0.865 bits per heavy atom. The minimum atomic E-state index is 0.417. The van der Waals surface area contributed by atoms with Gasteiger partial charge in [0, 0.05) is 46.4 Å². The first-order valence-electron chi connectivity index (χ1n) is 13.1. The third-order valence-corrected chi connectivity index (χ3v) is 7.72. The Balaban J connectivity index is 1.47. The van der Waals surface area contributed by atoms with Gasteiger partial charge in [0.2, 0.25) is 5.88 Å². The number of likely N-dealkylation sites (tertiary alicyclic amines) is 2. The summed E-state index contributed by atoms with van der Waals surface area (Å²) in [5.41, 5.74) is 5.96. The molecule has 0 atom stereocenters. The molecule has 2 aromatic carbocycles. The number of aromatic hydroxyl groups is 1. The lowest BCUT2D eigenvalue weighted by atomic mass is 10.1. The summed E-state index contributed by atoms with van der Waals surface area (Å²) >= 11 is 6.32. The summed E-state index contributed by atoms with van der Waals surface area (Å²) in [5, 5.41) is 16.5. The Bertz CT molecular complexity index is 1410. The van der Waals surface area contributed by atoms with Crippen molar-refractivity contribution in [2.75, 3.05) is 38.6 Å². The maximum absolute atomic E-state index is 11.3. The van der Waals surface area contributed by atoms with Crippen LogP contribution in [0, 0.1) is 0 Å². The van der Waals surface area contributed by atoms with Crippen LogP contribution in [0.25, 0.3) is 21.9 Å². The average molecular weight is 520 g/mol. The number of aromatic nitrogens is 2. The monoisotopic (exact) mass is 519 g/mol. The highest BCUT2D eigenvalue weighted by Crippen LogP contribution is 2.37. The highest BCUT2D eigenvalue weighted by molar-refractivity contribution is 6.31. The molecule has 37 heavy (non-hydrogen) atoms. The molecule has 4 aromatic rings. The molecule has 2 aromatic heterocycles. The van der Waals surface area contributed by atoms with E-state index in [2.05, 4.69) is 27.2 Å². The fraction of sp³-hybridized carbons (Fsp3) is 0.379. The van der Waals surface area contributed by atoms with Crippen molar-refractivity contribution in [2.45, 2.75) is 38.8 Å². The van der Waals surface area contributed by atoms with E-state index < -0.39 is 0 Å². The number of nitrogens with zero attached hydrogens (tertiary/aromatic N) is 4. The van der Waals surface area contributed by atoms with E-state index in [0.717, 1.165) is 83.7 Å². The van der Waals surface area contributed by atoms with Gasteiger partial charge in [-0.2, -0.15) is 0 Å². The molecule has 0 unspecified atom stereocenters. The van der Waals surface area contributed by atoms with Crippen molar-refractivity contribution >= 4 is 44.9 Å². The molecule has 6 rings (SSSR count). The van der Waals surface area contributed by atoms with Gasteiger partial charge in [-0.1, -0.05) is 11.6 Å². The number of hydrogen-bond donors (Lipinski definition) is 2. The van der Waals surface area contributed by atoms with Gasteiger partial charge in [-0.25, -0.2) is 9.97 Å². The summed E-state index contributed by atoms with van der Waals surface area (Å²) in [6.07, 6.45) is 4.85. The minimum Gasteiger partial charge on any atom is -0.507 e. The first-order chi connectivity index (χ1) is 18.1. The Morgan fingerprint density at radius 2 is 1.51 bits per heavy atom. The number of ether oxygens (including phenoxy) is 1. The average Bonchev–Trinajstić information content (AvgIpc) is 3.61. The number of fused-ring (bicyclic) bond motifs is 2. The molecule has 4 heterocycles. The molecule has 2 N–H and O–H groups in total. The van der Waals surface area contributed by atoms with Gasteiger partial charge in [0.05, 0.1) is 23.8 Å². The highest BCUT2D eigenvalue weighted by Gasteiger charge is 2.21. The van der Waals surface area contributed by atoms with Gasteiger partial charge in [0.15, 0.2) is 0 Å². The summed E-state index contributed by atoms with van der Waals surface area (Å²) < 4.78 is 5.43. The standard InChI is InChI=1S/C29H32ClN5O2/c1-37-26-9-8-24-28(33-26)27(23-7-6-21(30)16-25(23)32-24)31-22-14-19(17-34-10-2-3-11-34)29(36)20(15-22)18-35-12-4-5-13-35/h6-9,14-16,36H,2-5,10-13,17-18H2,1H3,(H,31,32)/i17+1,18+1. The maximum atomic E-state index is 11.3. The van der Waals surface area contributed by atoms with Crippen LogP contribution in [0.15, 0.2) is 42.5 Å². The third-order valence-electron chi connectivity index (χ3n) is 7.49. The maximum Gasteiger partial charge on any atom is 0.213 e. The fourth-order valence-corrected chi connectivity index (χ4v) is 5.76. The molecular weight excluding hydrogens is 488 g/mol. The van der Waals surface area contributed by atoms with Gasteiger partial charge in [-0.3, -0.25) is 9.80 Å². The number of phenolic OH excluding ortho intramolecular Hbond substituents is 1. The number of phenols is 1. The second kappa shape index (κ2) is 10.3. The lowest BCUT2D eigenvalue weighted by Crippen LogP contribution is -2.20. The molecule has 0 spiro atoms. The number of anilines is 2. The number of methoxy groups -OCH3 is 1. The second-order valence-electron chi connectivity index (χ2n) is 10.1. The number of halogens is 1. The van der Waals surface area contributed by atoms with Crippen LogP contribution < -0.4 is 10.1 Å². The van der Waals surface area contributed by atoms with E-state index in [-0.39, 0.29) is 0 Å². The van der Waals surface area contributed by atoms with Gasteiger partial charge >= 0.3 is 0 Å². The summed E-state index contributed by atoms with van der Waals surface area (Å²) in [4.78, 5) is 14.4. The number of nitrogens with one attached hydrogen (secondary N) is 1. The van der Waals surface area contributed by atoms with Crippen LogP contribution in [0.5, 0.6) is 11.6 Å². The number of hydrogen-bond acceptors (Lipinski definition) is 7. The molecule has 2 saturated heterocycles.